The number of hydrogen-bond donors (Lipinski definition) is 1. The molecule has 0 aromatic carbocycles. The van der Waals surface area contributed by atoms with Gasteiger partial charge in [-0.25, -0.2) is 0 Å². The van der Waals surface area contributed by atoms with E-state index in [2.05, 4.69) is 12.2 Å². The Bertz CT molecular complexity index is 367. The van der Waals surface area contributed by atoms with Gasteiger partial charge in [0, 0.05) is 13.0 Å². The molecule has 0 saturated carbocycles. The van der Waals surface area contributed by atoms with E-state index in [0.29, 0.717) is 26.2 Å². The minimum absolute atomic E-state index is 0.0282. The van der Waals surface area contributed by atoms with Gasteiger partial charge in [0.05, 0.1) is 19.4 Å². The van der Waals surface area contributed by atoms with Crippen LogP contribution in [0.25, 0.3) is 0 Å². The van der Waals surface area contributed by atoms with Crippen LogP contribution in [0.15, 0.2) is 0 Å². The van der Waals surface area contributed by atoms with Gasteiger partial charge in [-0.05, 0) is 20.3 Å². The first kappa shape index (κ1) is 25.6. The fourth-order valence-corrected chi connectivity index (χ4v) is 4.44. The van der Waals surface area contributed by atoms with Crippen molar-refractivity contribution in [2.45, 2.75) is 97.8 Å². The first-order valence-electron chi connectivity index (χ1n) is 10.7. The van der Waals surface area contributed by atoms with Crippen molar-refractivity contribution in [2.24, 2.45) is 0 Å². The Morgan fingerprint density at radius 3 is 1.69 bits per heavy atom. The summed E-state index contributed by atoms with van der Waals surface area (Å²) in [5, 5.41) is 2.82. The normalized spacial score (nSPS) is 11.7. The van der Waals surface area contributed by atoms with Crippen LogP contribution in [0.2, 0.25) is 0 Å². The molecule has 0 aliphatic heterocycles. The summed E-state index contributed by atoms with van der Waals surface area (Å²) < 4.78 is 22.7. The highest BCUT2D eigenvalue weighted by atomic mass is 31.2. The molecule has 156 valence electrons. The summed E-state index contributed by atoms with van der Waals surface area (Å²) in [6.07, 6.45) is 14.8. The number of nitrogens with one attached hydrogen (secondary N) is 1. The molecule has 0 aliphatic carbocycles. The van der Waals surface area contributed by atoms with Gasteiger partial charge in [-0.15, -0.1) is 0 Å². The monoisotopic (exact) mass is 391 g/mol. The summed E-state index contributed by atoms with van der Waals surface area (Å²) >= 11 is 0. The lowest BCUT2D eigenvalue weighted by atomic mass is 10.1. The number of hydrogen-bond acceptors (Lipinski definition) is 4. The van der Waals surface area contributed by atoms with E-state index < -0.39 is 7.60 Å². The predicted octanol–water partition coefficient (Wildman–Crippen LogP) is 6.07. The average Bonchev–Trinajstić information content (AvgIpc) is 2.60. The highest BCUT2D eigenvalue weighted by molar-refractivity contribution is 7.53. The molecule has 26 heavy (non-hydrogen) atoms. The fourth-order valence-electron chi connectivity index (χ4n) is 2.93. The van der Waals surface area contributed by atoms with Crippen molar-refractivity contribution in [3.8, 4) is 0 Å². The number of carbonyl (C=O) groups excluding carboxylic acids is 1. The SMILES string of the molecule is CCCCCCCCCCCCCC(=O)NCCP(=O)(OCC)OCC. The molecular weight excluding hydrogens is 349 g/mol. The minimum Gasteiger partial charge on any atom is -0.355 e. The average molecular weight is 392 g/mol. The third-order valence-electron chi connectivity index (χ3n) is 4.37. The molecule has 0 aromatic rings. The number of unbranched alkanes of at least 4 members (excludes halogenated alkanes) is 10. The van der Waals surface area contributed by atoms with E-state index in [9.17, 15) is 9.36 Å². The fraction of sp³-hybridized carbons (Fsp3) is 0.950. The zero-order valence-electron chi connectivity index (χ0n) is 17.4. The molecule has 0 rings (SSSR count). The van der Waals surface area contributed by atoms with Crippen molar-refractivity contribution < 1.29 is 18.4 Å². The molecular formula is C20H42NO4P. The van der Waals surface area contributed by atoms with E-state index in [-0.39, 0.29) is 12.1 Å². The molecule has 0 fully saturated rings. The molecule has 0 unspecified atom stereocenters. The molecule has 0 radical (unpaired) electrons. The summed E-state index contributed by atoms with van der Waals surface area (Å²) in [7, 11) is -3.05. The van der Waals surface area contributed by atoms with Crippen molar-refractivity contribution in [1.29, 1.82) is 0 Å². The lowest BCUT2D eigenvalue weighted by molar-refractivity contribution is -0.121. The topological polar surface area (TPSA) is 64.6 Å². The zero-order chi connectivity index (χ0) is 19.5. The van der Waals surface area contributed by atoms with E-state index in [0.717, 1.165) is 12.8 Å². The Kier molecular flexibility index (Phi) is 17.7. The standard InChI is InChI=1S/C20H42NO4P/c1-4-7-8-9-10-11-12-13-14-15-16-17-20(22)21-18-19-26(23,24-5-2)25-6-3/h4-19H2,1-3H3,(H,21,22). The molecule has 0 atom stereocenters. The van der Waals surface area contributed by atoms with E-state index in [1.54, 1.807) is 13.8 Å². The van der Waals surface area contributed by atoms with E-state index in [1.165, 1.54) is 57.8 Å². The second-order valence-electron chi connectivity index (χ2n) is 6.81. The molecule has 0 aromatic heterocycles. The number of carbonyl (C=O) groups is 1. The third-order valence-corrected chi connectivity index (χ3v) is 6.44. The van der Waals surface area contributed by atoms with Gasteiger partial charge in [0.1, 0.15) is 0 Å². The van der Waals surface area contributed by atoms with Crippen molar-refractivity contribution >= 4 is 13.5 Å². The first-order valence-corrected chi connectivity index (χ1v) is 12.5. The van der Waals surface area contributed by atoms with Gasteiger partial charge in [0.2, 0.25) is 5.91 Å². The van der Waals surface area contributed by atoms with Crippen molar-refractivity contribution in [2.75, 3.05) is 25.9 Å². The van der Waals surface area contributed by atoms with Gasteiger partial charge < -0.3 is 14.4 Å². The van der Waals surface area contributed by atoms with Gasteiger partial charge >= 0.3 is 7.60 Å². The summed E-state index contributed by atoms with van der Waals surface area (Å²) in [6, 6.07) is 0. The molecule has 0 spiro atoms. The Morgan fingerprint density at radius 2 is 1.23 bits per heavy atom. The summed E-state index contributed by atoms with van der Waals surface area (Å²) in [4.78, 5) is 11.8. The maximum Gasteiger partial charge on any atom is 0.332 e. The van der Waals surface area contributed by atoms with Crippen LogP contribution in [0.3, 0.4) is 0 Å². The van der Waals surface area contributed by atoms with Crippen LogP contribution in [0.4, 0.5) is 0 Å². The van der Waals surface area contributed by atoms with Crippen LogP contribution < -0.4 is 5.32 Å². The summed E-state index contributed by atoms with van der Waals surface area (Å²) in [6.45, 7) is 6.87. The zero-order valence-corrected chi connectivity index (χ0v) is 18.3. The predicted molar refractivity (Wildman–Crippen MR) is 110 cm³/mol. The smallest absolute Gasteiger partial charge is 0.332 e. The molecule has 1 N–H and O–H groups in total. The largest absolute Gasteiger partial charge is 0.355 e. The molecule has 0 aliphatic rings. The quantitative estimate of drug-likeness (QED) is 0.214. The van der Waals surface area contributed by atoms with Crippen molar-refractivity contribution in [3.63, 3.8) is 0 Å². The minimum atomic E-state index is -3.05. The molecule has 5 nitrogen and oxygen atoms in total. The molecule has 1 amide bonds. The lowest BCUT2D eigenvalue weighted by Gasteiger charge is -2.17. The van der Waals surface area contributed by atoms with Crippen LogP contribution in [-0.2, 0) is 18.4 Å². The highest BCUT2D eigenvalue weighted by Crippen LogP contribution is 2.47. The van der Waals surface area contributed by atoms with E-state index in [1.807, 2.05) is 0 Å². The number of rotatable bonds is 19. The molecule has 6 heteroatoms. The van der Waals surface area contributed by atoms with Crippen LogP contribution in [0, 0.1) is 0 Å². The van der Waals surface area contributed by atoms with Crippen LogP contribution in [-0.4, -0.2) is 31.8 Å². The summed E-state index contributed by atoms with van der Waals surface area (Å²) in [5.74, 6) is 0.0282. The van der Waals surface area contributed by atoms with E-state index >= 15 is 0 Å². The Labute approximate surface area is 161 Å². The van der Waals surface area contributed by atoms with Crippen molar-refractivity contribution in [1.82, 2.24) is 5.32 Å². The Balaban J connectivity index is 3.50. The molecule has 0 saturated heterocycles. The second-order valence-corrected chi connectivity index (χ2v) is 8.99. The van der Waals surface area contributed by atoms with E-state index in [4.69, 9.17) is 9.05 Å². The van der Waals surface area contributed by atoms with Crippen molar-refractivity contribution in [3.05, 3.63) is 0 Å². The van der Waals surface area contributed by atoms with Gasteiger partial charge in [0.25, 0.3) is 0 Å². The van der Waals surface area contributed by atoms with Gasteiger partial charge in [-0.2, -0.15) is 0 Å². The Morgan fingerprint density at radius 1 is 0.769 bits per heavy atom. The second kappa shape index (κ2) is 18.0. The van der Waals surface area contributed by atoms with Crippen LogP contribution in [0.5, 0.6) is 0 Å². The number of amides is 1. The van der Waals surface area contributed by atoms with Crippen LogP contribution in [0.1, 0.15) is 97.8 Å². The maximum atomic E-state index is 12.3. The highest BCUT2D eigenvalue weighted by Gasteiger charge is 2.22. The molecule has 0 heterocycles. The van der Waals surface area contributed by atoms with Gasteiger partial charge in [0.15, 0.2) is 0 Å². The van der Waals surface area contributed by atoms with Gasteiger partial charge in [-0.3, -0.25) is 9.36 Å². The maximum absolute atomic E-state index is 12.3. The van der Waals surface area contributed by atoms with Gasteiger partial charge in [-0.1, -0.05) is 71.1 Å². The summed E-state index contributed by atoms with van der Waals surface area (Å²) in [5.41, 5.74) is 0. The third kappa shape index (κ3) is 15.8. The first-order chi connectivity index (χ1) is 12.6. The lowest BCUT2D eigenvalue weighted by Crippen LogP contribution is -2.26. The Hall–Kier alpha value is -0.380. The van der Waals surface area contributed by atoms with Crippen LogP contribution >= 0.6 is 7.60 Å². The molecule has 0 bridgehead atoms.